The van der Waals surface area contributed by atoms with Crippen LogP contribution in [0.15, 0.2) is 30.3 Å². The van der Waals surface area contributed by atoms with Crippen LogP contribution in [0, 0.1) is 11.8 Å². The predicted octanol–water partition coefficient (Wildman–Crippen LogP) is 1.27. The van der Waals surface area contributed by atoms with E-state index in [1.165, 1.54) is 0 Å². The van der Waals surface area contributed by atoms with Gasteiger partial charge in [-0.15, -0.1) is 9.42 Å². The van der Waals surface area contributed by atoms with Gasteiger partial charge in [-0.25, -0.2) is 0 Å². The molecule has 0 aromatic heterocycles. The first-order valence-electron chi connectivity index (χ1n) is 4.07. The van der Waals surface area contributed by atoms with Gasteiger partial charge in [0.2, 0.25) is 5.78 Å². The van der Waals surface area contributed by atoms with Crippen LogP contribution in [0.5, 0.6) is 0 Å². The summed E-state index contributed by atoms with van der Waals surface area (Å²) in [6, 6.07) is 8.96. The van der Waals surface area contributed by atoms with Gasteiger partial charge in [-0.1, -0.05) is 24.1 Å². The summed E-state index contributed by atoms with van der Waals surface area (Å²) in [5, 5.41) is 0. The van der Waals surface area contributed by atoms with Crippen molar-refractivity contribution in [1.29, 1.82) is 0 Å². The van der Waals surface area contributed by atoms with Crippen molar-refractivity contribution in [3.05, 3.63) is 35.9 Å². The average Bonchev–Trinajstić information content (AvgIpc) is 2.25. The molecule has 76 valence electrons. The molecule has 0 amide bonds. The Balaban J connectivity index is 2.51. The normalized spacial score (nSPS) is 10.1. The van der Waals surface area contributed by atoms with Crippen molar-refractivity contribution in [2.45, 2.75) is 0 Å². The monoisotopic (exact) mass is 223 g/mol. The second kappa shape index (κ2) is 6.05. The van der Waals surface area contributed by atoms with Crippen molar-refractivity contribution in [3.8, 4) is 11.8 Å². The third kappa shape index (κ3) is 5.04. The van der Waals surface area contributed by atoms with E-state index in [0.717, 1.165) is 0 Å². The van der Waals surface area contributed by atoms with Gasteiger partial charge in [0.1, 0.15) is 0 Å². The lowest BCUT2D eigenvalue weighted by Crippen LogP contribution is -2.01. The predicted molar refractivity (Wildman–Crippen MR) is 54.1 cm³/mol. The molecule has 0 fully saturated rings. The van der Waals surface area contributed by atoms with Crippen LogP contribution in [0.1, 0.15) is 5.56 Å². The maximum absolute atomic E-state index is 11.0. The average molecular weight is 223 g/mol. The van der Waals surface area contributed by atoms with Crippen LogP contribution in [0.3, 0.4) is 0 Å². The van der Waals surface area contributed by atoms with Gasteiger partial charge < -0.3 is 0 Å². The van der Waals surface area contributed by atoms with Crippen molar-refractivity contribution >= 4 is 14.0 Å². The van der Waals surface area contributed by atoms with E-state index in [9.17, 15) is 9.36 Å². The molecule has 0 aliphatic carbocycles. The Hall–Kier alpha value is -1.53. The highest BCUT2D eigenvalue weighted by molar-refractivity contribution is 7.32. The standard InChI is InChI=1S/C10H7O4P/c11-10(8-14-15(12)13)7-6-9-4-2-1-3-5-9/h1-5H,8H2/p+1. The van der Waals surface area contributed by atoms with E-state index in [-0.39, 0.29) is 0 Å². The molecule has 1 aromatic rings. The molecule has 0 spiro atoms. The minimum atomic E-state index is -2.74. The molecular formula is C10H8O4P+. The van der Waals surface area contributed by atoms with Gasteiger partial charge in [0.05, 0.1) is 0 Å². The van der Waals surface area contributed by atoms with E-state index in [2.05, 4.69) is 16.4 Å². The SMILES string of the molecule is O=C(C#Cc1ccccc1)CO[P+](=O)O. The van der Waals surface area contributed by atoms with Crippen molar-refractivity contribution in [1.82, 2.24) is 0 Å². The molecule has 0 aliphatic rings. The molecule has 5 heteroatoms. The van der Waals surface area contributed by atoms with Crippen LogP contribution in [-0.4, -0.2) is 17.3 Å². The second-order valence-electron chi connectivity index (χ2n) is 2.55. The van der Waals surface area contributed by atoms with Gasteiger partial charge in [0.15, 0.2) is 6.61 Å². The second-order valence-corrected chi connectivity index (χ2v) is 3.28. The molecule has 1 N–H and O–H groups in total. The Morgan fingerprint density at radius 2 is 2.07 bits per heavy atom. The van der Waals surface area contributed by atoms with Crippen LogP contribution in [-0.2, 0) is 13.9 Å². The van der Waals surface area contributed by atoms with Gasteiger partial charge >= 0.3 is 8.25 Å². The Bertz CT molecular complexity index is 416. The maximum atomic E-state index is 11.0. The van der Waals surface area contributed by atoms with Crippen LogP contribution >= 0.6 is 8.25 Å². The van der Waals surface area contributed by atoms with Crippen LogP contribution in [0.2, 0.25) is 0 Å². The summed E-state index contributed by atoms with van der Waals surface area (Å²) in [5.74, 6) is 4.38. The van der Waals surface area contributed by atoms with Crippen molar-refractivity contribution in [3.63, 3.8) is 0 Å². The smallest absolute Gasteiger partial charge is 0.282 e. The summed E-state index contributed by atoms with van der Waals surface area (Å²) in [6.07, 6.45) is 0. The first-order chi connectivity index (χ1) is 7.18. The minimum Gasteiger partial charge on any atom is -0.282 e. The quantitative estimate of drug-likeness (QED) is 0.619. The van der Waals surface area contributed by atoms with Gasteiger partial charge in [-0.3, -0.25) is 4.79 Å². The summed E-state index contributed by atoms with van der Waals surface area (Å²) in [7, 11) is -2.74. The highest BCUT2D eigenvalue weighted by atomic mass is 31.1. The third-order valence-electron chi connectivity index (χ3n) is 1.43. The first kappa shape index (κ1) is 11.5. The van der Waals surface area contributed by atoms with Crippen molar-refractivity contribution in [2.24, 2.45) is 0 Å². The number of benzene rings is 1. The zero-order valence-electron chi connectivity index (χ0n) is 7.71. The van der Waals surface area contributed by atoms with E-state index < -0.39 is 20.6 Å². The zero-order chi connectivity index (χ0) is 11.1. The van der Waals surface area contributed by atoms with E-state index in [1.807, 2.05) is 6.07 Å². The molecule has 0 heterocycles. The van der Waals surface area contributed by atoms with E-state index >= 15 is 0 Å². The van der Waals surface area contributed by atoms with Gasteiger partial charge in [-0.2, -0.15) is 0 Å². The molecule has 0 aliphatic heterocycles. The number of carbonyl (C=O) groups is 1. The summed E-state index contributed by atoms with van der Waals surface area (Å²) >= 11 is 0. The number of rotatable bonds is 3. The van der Waals surface area contributed by atoms with E-state index in [0.29, 0.717) is 5.56 Å². The van der Waals surface area contributed by atoms with Crippen LogP contribution in [0.25, 0.3) is 0 Å². The van der Waals surface area contributed by atoms with Crippen LogP contribution < -0.4 is 0 Å². The summed E-state index contributed by atoms with van der Waals surface area (Å²) < 4.78 is 14.3. The Kier molecular flexibility index (Phi) is 4.65. The van der Waals surface area contributed by atoms with Crippen molar-refractivity contribution in [2.75, 3.05) is 6.61 Å². The van der Waals surface area contributed by atoms with Crippen molar-refractivity contribution < 1.29 is 18.8 Å². The Morgan fingerprint density at radius 1 is 1.40 bits per heavy atom. The number of hydrogen-bond acceptors (Lipinski definition) is 3. The summed E-state index contributed by atoms with van der Waals surface area (Å²) in [5.41, 5.74) is 0.708. The van der Waals surface area contributed by atoms with Crippen LogP contribution in [0.4, 0.5) is 0 Å². The molecule has 1 atom stereocenters. The lowest BCUT2D eigenvalue weighted by Gasteiger charge is -1.85. The lowest BCUT2D eigenvalue weighted by atomic mass is 10.2. The first-order valence-corrected chi connectivity index (χ1v) is 5.20. The maximum Gasteiger partial charge on any atom is 0.695 e. The summed E-state index contributed by atoms with van der Waals surface area (Å²) in [4.78, 5) is 19.3. The molecule has 0 bridgehead atoms. The molecule has 1 unspecified atom stereocenters. The molecule has 4 nitrogen and oxygen atoms in total. The fourth-order valence-corrected chi connectivity index (χ4v) is 1.04. The number of Topliss-reactive ketones (excluding diaryl/α,β-unsaturated/α-hetero) is 1. The molecule has 0 saturated heterocycles. The molecule has 0 saturated carbocycles. The third-order valence-corrected chi connectivity index (χ3v) is 1.78. The van der Waals surface area contributed by atoms with Gasteiger partial charge in [-0.05, 0) is 18.1 Å². The van der Waals surface area contributed by atoms with Gasteiger partial charge in [0, 0.05) is 10.1 Å². The lowest BCUT2D eigenvalue weighted by molar-refractivity contribution is -0.115. The topological polar surface area (TPSA) is 63.6 Å². The zero-order valence-corrected chi connectivity index (χ0v) is 8.61. The fourth-order valence-electron chi connectivity index (χ4n) is 0.813. The summed E-state index contributed by atoms with van der Waals surface area (Å²) in [6.45, 7) is -0.467. The largest absolute Gasteiger partial charge is 0.695 e. The number of ketones is 1. The highest BCUT2D eigenvalue weighted by Crippen LogP contribution is 2.13. The molecule has 1 rings (SSSR count). The highest BCUT2D eigenvalue weighted by Gasteiger charge is 2.13. The Morgan fingerprint density at radius 3 is 2.67 bits per heavy atom. The minimum absolute atomic E-state index is 0.467. The fraction of sp³-hybridized carbons (Fsp3) is 0.100. The Labute approximate surface area is 87.8 Å². The molecule has 15 heavy (non-hydrogen) atoms. The molecular weight excluding hydrogens is 215 g/mol. The number of hydrogen-bond donors (Lipinski definition) is 1. The van der Waals surface area contributed by atoms with E-state index in [4.69, 9.17) is 4.89 Å². The van der Waals surface area contributed by atoms with Gasteiger partial charge in [0.25, 0.3) is 0 Å². The molecule has 0 radical (unpaired) electrons. The van der Waals surface area contributed by atoms with E-state index in [1.54, 1.807) is 24.3 Å². The molecule has 1 aromatic carbocycles. The number of carbonyl (C=O) groups excluding carboxylic acids is 1.